The quantitative estimate of drug-likeness (QED) is 0.879. The van der Waals surface area contributed by atoms with Crippen molar-refractivity contribution in [3.63, 3.8) is 0 Å². The summed E-state index contributed by atoms with van der Waals surface area (Å²) in [5.74, 6) is 0. The fourth-order valence-corrected chi connectivity index (χ4v) is 2.45. The number of nitrogens with zero attached hydrogens (tertiary/aromatic N) is 1. The van der Waals surface area contributed by atoms with Crippen molar-refractivity contribution in [3.05, 3.63) is 9.98 Å². The van der Waals surface area contributed by atoms with Gasteiger partial charge in [-0.25, -0.2) is 4.98 Å². The van der Waals surface area contributed by atoms with Crippen LogP contribution >= 0.6 is 27.3 Å². The van der Waals surface area contributed by atoms with Crippen LogP contribution in [0.15, 0.2) is 9.98 Å². The molecule has 0 spiro atoms. The molecule has 0 bridgehead atoms. The molecular formula is C8H11BrN2O2S. The second-order valence-corrected chi connectivity index (χ2v) is 5.03. The minimum Gasteiger partial charge on any atom is -0.386 e. The van der Waals surface area contributed by atoms with Crippen molar-refractivity contribution >= 4 is 32.4 Å². The molecule has 78 valence electrons. The number of halogens is 1. The molecule has 6 heteroatoms. The molecule has 1 aromatic heterocycles. The molecule has 0 aromatic carbocycles. The molecule has 4 nitrogen and oxygen atoms in total. The van der Waals surface area contributed by atoms with E-state index in [1.165, 1.54) is 11.3 Å². The Kier molecular flexibility index (Phi) is 3.06. The van der Waals surface area contributed by atoms with E-state index in [4.69, 9.17) is 4.74 Å². The third kappa shape index (κ3) is 2.44. The maximum atomic E-state index is 9.94. The third-order valence-electron chi connectivity index (χ3n) is 2.13. The van der Waals surface area contributed by atoms with Gasteiger partial charge >= 0.3 is 0 Å². The highest BCUT2D eigenvalue weighted by Gasteiger charge is 2.32. The van der Waals surface area contributed by atoms with Gasteiger partial charge in [-0.2, -0.15) is 0 Å². The maximum Gasteiger partial charge on any atom is 0.183 e. The first kappa shape index (κ1) is 10.4. The highest BCUT2D eigenvalue weighted by Crippen LogP contribution is 2.22. The second kappa shape index (κ2) is 4.14. The van der Waals surface area contributed by atoms with Gasteiger partial charge in [-0.3, -0.25) is 0 Å². The van der Waals surface area contributed by atoms with Crippen molar-refractivity contribution in [1.82, 2.24) is 4.98 Å². The molecular weight excluding hydrogens is 268 g/mol. The molecule has 0 aliphatic carbocycles. The summed E-state index contributed by atoms with van der Waals surface area (Å²) in [6, 6.07) is 0. The van der Waals surface area contributed by atoms with E-state index in [0.29, 0.717) is 26.2 Å². The average Bonchev–Trinajstić information content (AvgIpc) is 2.73. The number of rotatable bonds is 3. The zero-order valence-electron chi connectivity index (χ0n) is 7.49. The van der Waals surface area contributed by atoms with Crippen LogP contribution in [0.25, 0.3) is 0 Å². The van der Waals surface area contributed by atoms with Crippen molar-refractivity contribution < 1.29 is 9.84 Å². The van der Waals surface area contributed by atoms with Crippen LogP contribution in [0, 0.1) is 0 Å². The SMILES string of the molecule is OC1(CNc2nc(Br)cs2)CCOC1. The molecule has 0 saturated carbocycles. The zero-order valence-corrected chi connectivity index (χ0v) is 9.90. The summed E-state index contributed by atoms with van der Waals surface area (Å²) in [4.78, 5) is 4.17. The smallest absolute Gasteiger partial charge is 0.183 e. The predicted molar refractivity (Wildman–Crippen MR) is 58.7 cm³/mol. The van der Waals surface area contributed by atoms with E-state index in [9.17, 15) is 5.11 Å². The Morgan fingerprint density at radius 1 is 1.79 bits per heavy atom. The molecule has 14 heavy (non-hydrogen) atoms. The van der Waals surface area contributed by atoms with E-state index in [-0.39, 0.29) is 0 Å². The summed E-state index contributed by atoms with van der Waals surface area (Å²) in [7, 11) is 0. The van der Waals surface area contributed by atoms with Crippen LogP contribution < -0.4 is 5.32 Å². The van der Waals surface area contributed by atoms with Crippen LogP contribution in [-0.2, 0) is 4.74 Å². The minimum absolute atomic E-state index is 0.409. The van der Waals surface area contributed by atoms with Gasteiger partial charge in [-0.15, -0.1) is 11.3 Å². The third-order valence-corrected chi connectivity index (χ3v) is 3.64. The first-order valence-electron chi connectivity index (χ1n) is 4.33. The molecule has 1 fully saturated rings. The molecule has 2 N–H and O–H groups in total. The number of thiazole rings is 1. The molecule has 1 unspecified atom stereocenters. The molecule has 1 aromatic rings. The van der Waals surface area contributed by atoms with E-state index >= 15 is 0 Å². The molecule has 0 radical (unpaired) electrons. The number of anilines is 1. The summed E-state index contributed by atoms with van der Waals surface area (Å²) in [6.07, 6.45) is 0.687. The summed E-state index contributed by atoms with van der Waals surface area (Å²) in [5.41, 5.74) is -0.724. The van der Waals surface area contributed by atoms with Crippen LogP contribution in [0.3, 0.4) is 0 Å². The fourth-order valence-electron chi connectivity index (χ4n) is 1.31. The van der Waals surface area contributed by atoms with Gasteiger partial charge in [0.1, 0.15) is 10.2 Å². The number of hydrogen-bond donors (Lipinski definition) is 2. The summed E-state index contributed by atoms with van der Waals surface area (Å²) in [5, 5.41) is 15.7. The van der Waals surface area contributed by atoms with Crippen molar-refractivity contribution in [2.24, 2.45) is 0 Å². The van der Waals surface area contributed by atoms with E-state index < -0.39 is 5.60 Å². The maximum absolute atomic E-state index is 9.94. The van der Waals surface area contributed by atoms with Crippen molar-refractivity contribution in [1.29, 1.82) is 0 Å². The second-order valence-electron chi connectivity index (χ2n) is 3.36. The van der Waals surface area contributed by atoms with E-state index in [0.717, 1.165) is 9.73 Å². The van der Waals surface area contributed by atoms with E-state index in [2.05, 4.69) is 26.2 Å². The number of ether oxygens (including phenoxy) is 1. The lowest BCUT2D eigenvalue weighted by molar-refractivity contribution is 0.0382. The monoisotopic (exact) mass is 278 g/mol. The Morgan fingerprint density at radius 3 is 3.21 bits per heavy atom. The Labute approximate surface area is 94.4 Å². The van der Waals surface area contributed by atoms with Gasteiger partial charge in [0.15, 0.2) is 5.13 Å². The van der Waals surface area contributed by atoms with Gasteiger partial charge in [0, 0.05) is 25.0 Å². The van der Waals surface area contributed by atoms with Crippen molar-refractivity contribution in [3.8, 4) is 0 Å². The van der Waals surface area contributed by atoms with Crippen LogP contribution in [0.5, 0.6) is 0 Å². The van der Waals surface area contributed by atoms with Crippen molar-refractivity contribution in [2.75, 3.05) is 25.1 Å². The van der Waals surface area contributed by atoms with Crippen LogP contribution in [0.2, 0.25) is 0 Å². The molecule has 2 rings (SSSR count). The summed E-state index contributed by atoms with van der Waals surface area (Å²) < 4.78 is 5.96. The fraction of sp³-hybridized carbons (Fsp3) is 0.625. The number of nitrogens with one attached hydrogen (secondary N) is 1. The number of aliphatic hydroxyl groups is 1. The first-order valence-corrected chi connectivity index (χ1v) is 6.00. The van der Waals surface area contributed by atoms with Gasteiger partial charge in [-0.05, 0) is 15.9 Å². The van der Waals surface area contributed by atoms with Crippen LogP contribution in [-0.4, -0.2) is 35.5 Å². The average molecular weight is 279 g/mol. The summed E-state index contributed by atoms with van der Waals surface area (Å²) >= 11 is 4.78. The molecule has 1 aliphatic heterocycles. The lowest BCUT2D eigenvalue weighted by atomic mass is 10.0. The lowest BCUT2D eigenvalue weighted by Crippen LogP contribution is -2.37. The van der Waals surface area contributed by atoms with Gasteiger partial charge in [0.2, 0.25) is 0 Å². The Balaban J connectivity index is 1.87. The van der Waals surface area contributed by atoms with Crippen molar-refractivity contribution in [2.45, 2.75) is 12.0 Å². The number of hydrogen-bond acceptors (Lipinski definition) is 5. The topological polar surface area (TPSA) is 54.4 Å². The highest BCUT2D eigenvalue weighted by molar-refractivity contribution is 9.10. The van der Waals surface area contributed by atoms with Gasteiger partial charge in [0.05, 0.1) is 6.61 Å². The molecule has 1 aliphatic rings. The normalized spacial score (nSPS) is 26.7. The first-order chi connectivity index (χ1) is 6.68. The highest BCUT2D eigenvalue weighted by atomic mass is 79.9. The van der Waals surface area contributed by atoms with Gasteiger partial charge < -0.3 is 15.2 Å². The van der Waals surface area contributed by atoms with Gasteiger partial charge in [-0.1, -0.05) is 0 Å². The molecule has 2 heterocycles. The van der Waals surface area contributed by atoms with E-state index in [1.807, 2.05) is 5.38 Å². The van der Waals surface area contributed by atoms with E-state index in [1.54, 1.807) is 0 Å². The lowest BCUT2D eigenvalue weighted by Gasteiger charge is -2.20. The standard InChI is InChI=1S/C8H11BrN2O2S/c9-6-3-14-7(11-6)10-4-8(12)1-2-13-5-8/h3,12H,1-2,4-5H2,(H,10,11). The largest absolute Gasteiger partial charge is 0.386 e. The summed E-state index contributed by atoms with van der Waals surface area (Å²) in [6.45, 7) is 1.54. The molecule has 1 atom stereocenters. The number of aromatic nitrogens is 1. The molecule has 1 saturated heterocycles. The van der Waals surface area contributed by atoms with Crippen LogP contribution in [0.1, 0.15) is 6.42 Å². The molecule has 0 amide bonds. The zero-order chi connectivity index (χ0) is 10.0. The van der Waals surface area contributed by atoms with Gasteiger partial charge in [0.25, 0.3) is 0 Å². The predicted octanol–water partition coefficient (Wildman–Crippen LogP) is 1.47. The Morgan fingerprint density at radius 2 is 2.64 bits per heavy atom. The Hall–Kier alpha value is -0.170. The van der Waals surface area contributed by atoms with Crippen LogP contribution in [0.4, 0.5) is 5.13 Å². The Bertz CT molecular complexity index is 312. The minimum atomic E-state index is -0.724.